The van der Waals surface area contributed by atoms with Crippen molar-refractivity contribution in [3.63, 3.8) is 0 Å². The molecule has 0 aliphatic carbocycles. The minimum Gasteiger partial charge on any atom is -0.310 e. The summed E-state index contributed by atoms with van der Waals surface area (Å²) in [6, 6.07) is 6.37. The molecule has 3 aromatic rings. The summed E-state index contributed by atoms with van der Waals surface area (Å²) >= 11 is 1.59. The molecule has 4 rings (SSSR count). The summed E-state index contributed by atoms with van der Waals surface area (Å²) in [4.78, 5) is 27.2. The minimum atomic E-state index is -0.250. The summed E-state index contributed by atoms with van der Waals surface area (Å²) in [7, 11) is 0. The maximum Gasteiger partial charge on any atom is 0.255 e. The second-order valence-corrected chi connectivity index (χ2v) is 9.13. The maximum absolute atomic E-state index is 13.1. The van der Waals surface area contributed by atoms with Gasteiger partial charge in [0.05, 0.1) is 23.5 Å². The van der Waals surface area contributed by atoms with E-state index in [1.807, 2.05) is 26.2 Å². The van der Waals surface area contributed by atoms with Gasteiger partial charge in [0.25, 0.3) is 5.56 Å². The molecular formula is C21H23FN4OS. The van der Waals surface area contributed by atoms with E-state index in [1.54, 1.807) is 23.5 Å². The van der Waals surface area contributed by atoms with Crippen molar-refractivity contribution >= 4 is 11.3 Å². The Morgan fingerprint density at radius 3 is 2.68 bits per heavy atom. The van der Waals surface area contributed by atoms with Crippen LogP contribution in [0.3, 0.4) is 0 Å². The lowest BCUT2D eigenvalue weighted by atomic mass is 9.95. The molecule has 5 nitrogen and oxygen atoms in total. The summed E-state index contributed by atoms with van der Waals surface area (Å²) in [5, 5.41) is 2.98. The summed E-state index contributed by atoms with van der Waals surface area (Å²) in [6.07, 6.45) is 0.762. The molecule has 0 fully saturated rings. The number of nitrogens with one attached hydrogen (secondary N) is 1. The number of H-pyrrole nitrogens is 1. The topological polar surface area (TPSA) is 61.9 Å². The molecule has 0 spiro atoms. The second-order valence-electron chi connectivity index (χ2n) is 8.18. The predicted molar refractivity (Wildman–Crippen MR) is 109 cm³/mol. The zero-order valence-electron chi connectivity index (χ0n) is 16.3. The molecule has 1 aliphatic rings. The van der Waals surface area contributed by atoms with Gasteiger partial charge in [-0.25, -0.2) is 14.4 Å². The van der Waals surface area contributed by atoms with Gasteiger partial charge < -0.3 is 4.98 Å². The van der Waals surface area contributed by atoms with Crippen molar-refractivity contribution in [2.45, 2.75) is 45.7 Å². The van der Waals surface area contributed by atoms with E-state index in [1.165, 1.54) is 12.1 Å². The lowest BCUT2D eigenvalue weighted by molar-refractivity contribution is 0.240. The molecule has 2 aromatic heterocycles. The molecule has 0 bridgehead atoms. The highest BCUT2D eigenvalue weighted by molar-refractivity contribution is 7.09. The first kappa shape index (κ1) is 19.0. The van der Waals surface area contributed by atoms with Crippen LogP contribution in [0.4, 0.5) is 4.39 Å². The molecule has 146 valence electrons. The Morgan fingerprint density at radius 1 is 1.21 bits per heavy atom. The monoisotopic (exact) mass is 398 g/mol. The summed E-state index contributed by atoms with van der Waals surface area (Å²) in [6.45, 7) is 8.26. The molecule has 1 aliphatic heterocycles. The fraction of sp³-hybridized carbons (Fsp3) is 0.381. The molecular weight excluding hydrogens is 375 g/mol. The van der Waals surface area contributed by atoms with Crippen LogP contribution >= 0.6 is 11.3 Å². The van der Waals surface area contributed by atoms with Crippen molar-refractivity contribution in [3.8, 4) is 11.3 Å². The number of halogens is 1. The Bertz CT molecular complexity index is 1050. The summed E-state index contributed by atoms with van der Waals surface area (Å²) < 4.78 is 13.1. The fourth-order valence-corrected chi connectivity index (χ4v) is 4.14. The van der Waals surface area contributed by atoms with Crippen LogP contribution < -0.4 is 5.56 Å². The molecule has 3 heterocycles. The molecule has 0 saturated carbocycles. The molecule has 0 saturated heterocycles. The first-order valence-corrected chi connectivity index (χ1v) is 10.2. The lowest BCUT2D eigenvalue weighted by Gasteiger charge is -2.28. The van der Waals surface area contributed by atoms with Crippen molar-refractivity contribution in [2.75, 3.05) is 6.54 Å². The molecule has 0 unspecified atom stereocenters. The van der Waals surface area contributed by atoms with E-state index < -0.39 is 0 Å². The molecule has 7 heteroatoms. The van der Waals surface area contributed by atoms with E-state index in [-0.39, 0.29) is 16.8 Å². The van der Waals surface area contributed by atoms with Crippen molar-refractivity contribution < 1.29 is 4.39 Å². The van der Waals surface area contributed by atoms with Crippen molar-refractivity contribution in [1.29, 1.82) is 0 Å². The number of rotatable bonds is 3. The van der Waals surface area contributed by atoms with Gasteiger partial charge in [-0.2, -0.15) is 0 Å². The Balaban J connectivity index is 1.50. The van der Waals surface area contributed by atoms with Crippen molar-refractivity contribution in [2.24, 2.45) is 0 Å². The van der Waals surface area contributed by atoms with Gasteiger partial charge in [-0.1, -0.05) is 20.8 Å². The smallest absolute Gasteiger partial charge is 0.255 e. The number of thiazole rings is 1. The fourth-order valence-electron chi connectivity index (χ4n) is 3.30. The Kier molecular flexibility index (Phi) is 4.89. The van der Waals surface area contributed by atoms with Gasteiger partial charge in [0.1, 0.15) is 16.6 Å². The van der Waals surface area contributed by atoms with E-state index in [2.05, 4.69) is 14.9 Å². The van der Waals surface area contributed by atoms with E-state index in [9.17, 15) is 9.18 Å². The summed E-state index contributed by atoms with van der Waals surface area (Å²) in [5.74, 6) is 0.494. The molecule has 1 N–H and O–H groups in total. The average Bonchev–Trinajstić information content (AvgIpc) is 3.10. The average molecular weight is 399 g/mol. The molecule has 0 amide bonds. The first-order valence-electron chi connectivity index (χ1n) is 9.35. The van der Waals surface area contributed by atoms with Gasteiger partial charge in [0.15, 0.2) is 0 Å². The number of benzene rings is 1. The number of hydrogen-bond acceptors (Lipinski definition) is 5. The quantitative estimate of drug-likeness (QED) is 0.727. The molecule has 0 atom stereocenters. The third-order valence-electron chi connectivity index (χ3n) is 4.91. The third kappa shape index (κ3) is 3.91. The van der Waals surface area contributed by atoms with Crippen molar-refractivity contribution in [1.82, 2.24) is 19.9 Å². The SMILES string of the molecule is CC(C)(C)c1nc2c(c(=O)[nH]1)CN(Cc1nc(-c3ccc(F)cc3)cs1)CC2. The van der Waals surface area contributed by atoms with Crippen LogP contribution in [0, 0.1) is 5.82 Å². The van der Waals surface area contributed by atoms with E-state index >= 15 is 0 Å². The highest BCUT2D eigenvalue weighted by Crippen LogP contribution is 2.25. The van der Waals surface area contributed by atoms with Crippen LogP contribution in [0.5, 0.6) is 0 Å². The minimum absolute atomic E-state index is 0.0363. The normalized spacial score (nSPS) is 14.9. The van der Waals surface area contributed by atoms with Crippen LogP contribution in [0.15, 0.2) is 34.4 Å². The number of fused-ring (bicyclic) bond motifs is 1. The first-order chi connectivity index (χ1) is 13.3. The van der Waals surface area contributed by atoms with E-state index in [0.29, 0.717) is 13.1 Å². The third-order valence-corrected chi connectivity index (χ3v) is 5.74. The number of nitrogens with zero attached hydrogens (tertiary/aromatic N) is 3. The highest BCUT2D eigenvalue weighted by atomic mass is 32.1. The van der Waals surface area contributed by atoms with Crippen LogP contribution in [0.25, 0.3) is 11.3 Å². The summed E-state index contributed by atoms with van der Waals surface area (Å²) in [5.41, 5.74) is 3.22. The van der Waals surface area contributed by atoms with Crippen LogP contribution in [-0.4, -0.2) is 26.4 Å². The van der Waals surface area contributed by atoms with Gasteiger partial charge >= 0.3 is 0 Å². The number of aromatic amines is 1. The van der Waals surface area contributed by atoms with Crippen LogP contribution in [0.1, 0.15) is 42.9 Å². The van der Waals surface area contributed by atoms with Gasteiger partial charge in [0, 0.05) is 35.9 Å². The molecule has 28 heavy (non-hydrogen) atoms. The van der Waals surface area contributed by atoms with E-state index in [4.69, 9.17) is 4.98 Å². The largest absolute Gasteiger partial charge is 0.310 e. The van der Waals surface area contributed by atoms with Gasteiger partial charge in [-0.05, 0) is 24.3 Å². The second kappa shape index (κ2) is 7.22. The van der Waals surface area contributed by atoms with Gasteiger partial charge in [-0.15, -0.1) is 11.3 Å². The zero-order chi connectivity index (χ0) is 19.9. The lowest BCUT2D eigenvalue weighted by Crippen LogP contribution is -2.37. The number of hydrogen-bond donors (Lipinski definition) is 1. The Hall–Kier alpha value is -2.38. The van der Waals surface area contributed by atoms with E-state index in [0.717, 1.165) is 46.3 Å². The Morgan fingerprint density at radius 2 is 1.96 bits per heavy atom. The van der Waals surface area contributed by atoms with Crippen LogP contribution in [-0.2, 0) is 24.9 Å². The molecule has 1 aromatic carbocycles. The van der Waals surface area contributed by atoms with Crippen molar-refractivity contribution in [3.05, 3.63) is 67.9 Å². The Labute approximate surface area is 167 Å². The number of aromatic nitrogens is 3. The van der Waals surface area contributed by atoms with Gasteiger partial charge in [0.2, 0.25) is 0 Å². The highest BCUT2D eigenvalue weighted by Gasteiger charge is 2.25. The standard InChI is InChI=1S/C21H23FN4OS/c1-21(2,3)20-24-16-8-9-26(10-15(16)19(27)25-20)11-18-23-17(12-28-18)13-4-6-14(22)7-5-13/h4-7,12H,8-11H2,1-3H3,(H,24,25,27). The van der Waals surface area contributed by atoms with Crippen LogP contribution in [0.2, 0.25) is 0 Å². The molecule has 0 radical (unpaired) electrons. The predicted octanol–water partition coefficient (Wildman–Crippen LogP) is 3.89. The maximum atomic E-state index is 13.1. The van der Waals surface area contributed by atoms with Gasteiger partial charge in [-0.3, -0.25) is 9.69 Å². The zero-order valence-corrected chi connectivity index (χ0v) is 17.1.